The van der Waals surface area contributed by atoms with Gasteiger partial charge in [0, 0.05) is 7.05 Å². The van der Waals surface area contributed by atoms with Gasteiger partial charge in [-0.05, 0) is 48.7 Å². The highest BCUT2D eigenvalue weighted by molar-refractivity contribution is 5.68. The van der Waals surface area contributed by atoms with Crippen molar-refractivity contribution in [3.05, 3.63) is 35.2 Å². The lowest BCUT2D eigenvalue weighted by atomic mass is 9.79. The largest absolute Gasteiger partial charge is 0.453 e. The van der Waals surface area contributed by atoms with E-state index in [0.717, 1.165) is 43.4 Å². The number of carbonyl (C=O) groups is 1. The van der Waals surface area contributed by atoms with Gasteiger partial charge in [-0.3, -0.25) is 4.90 Å². The Bertz CT molecular complexity index is 765. The fraction of sp³-hybridized carbons (Fsp3) is 0.556. The Morgan fingerprint density at radius 3 is 2.60 bits per heavy atom. The SMILES string of the molecule is COC(=O)N(C)C1(c2nnnn2-c2ccc(C)cc2C)CCCCC1. The zero-order valence-electron chi connectivity index (χ0n) is 15.3. The van der Waals surface area contributed by atoms with Crippen LogP contribution in [-0.2, 0) is 10.3 Å². The first-order valence-corrected chi connectivity index (χ1v) is 8.68. The van der Waals surface area contributed by atoms with Crippen molar-refractivity contribution >= 4 is 6.09 Å². The molecule has 0 atom stereocenters. The smallest absolute Gasteiger partial charge is 0.410 e. The highest BCUT2D eigenvalue weighted by atomic mass is 16.5. The zero-order valence-corrected chi connectivity index (χ0v) is 15.3. The lowest BCUT2D eigenvalue weighted by Gasteiger charge is -2.42. The minimum atomic E-state index is -0.549. The number of hydrogen-bond donors (Lipinski definition) is 0. The van der Waals surface area contributed by atoms with Gasteiger partial charge in [-0.2, -0.15) is 4.68 Å². The second-order valence-electron chi connectivity index (χ2n) is 6.83. The third-order valence-corrected chi connectivity index (χ3v) is 5.24. The maximum Gasteiger partial charge on any atom is 0.410 e. The first kappa shape index (κ1) is 17.4. The van der Waals surface area contributed by atoms with Crippen molar-refractivity contribution in [3.8, 4) is 5.69 Å². The first-order valence-electron chi connectivity index (χ1n) is 8.68. The van der Waals surface area contributed by atoms with E-state index in [4.69, 9.17) is 4.74 Å². The average Bonchev–Trinajstić information content (AvgIpc) is 3.11. The van der Waals surface area contributed by atoms with E-state index in [1.54, 1.807) is 16.6 Å². The van der Waals surface area contributed by atoms with Crippen LogP contribution in [0, 0.1) is 13.8 Å². The molecule has 1 heterocycles. The average molecular weight is 343 g/mol. The summed E-state index contributed by atoms with van der Waals surface area (Å²) in [6, 6.07) is 6.18. The van der Waals surface area contributed by atoms with E-state index in [-0.39, 0.29) is 6.09 Å². The number of methoxy groups -OCH3 is 1. The van der Waals surface area contributed by atoms with E-state index in [9.17, 15) is 4.79 Å². The minimum Gasteiger partial charge on any atom is -0.453 e. The Kier molecular flexibility index (Phi) is 4.74. The second-order valence-corrected chi connectivity index (χ2v) is 6.83. The first-order chi connectivity index (χ1) is 12.0. The number of benzene rings is 1. The molecule has 0 aliphatic heterocycles. The van der Waals surface area contributed by atoms with Crippen LogP contribution in [0.5, 0.6) is 0 Å². The predicted molar refractivity (Wildman–Crippen MR) is 93.6 cm³/mol. The number of tetrazole rings is 1. The van der Waals surface area contributed by atoms with Crippen LogP contribution in [0.4, 0.5) is 4.79 Å². The summed E-state index contributed by atoms with van der Waals surface area (Å²) >= 11 is 0. The molecule has 7 heteroatoms. The van der Waals surface area contributed by atoms with Crippen LogP contribution in [0.25, 0.3) is 5.69 Å². The normalized spacial score (nSPS) is 16.5. The van der Waals surface area contributed by atoms with Crippen LogP contribution in [-0.4, -0.2) is 45.4 Å². The summed E-state index contributed by atoms with van der Waals surface area (Å²) in [7, 11) is 3.18. The predicted octanol–water partition coefficient (Wildman–Crippen LogP) is 3.14. The lowest BCUT2D eigenvalue weighted by molar-refractivity contribution is 0.0472. The van der Waals surface area contributed by atoms with Gasteiger partial charge in [0.05, 0.1) is 12.8 Å². The molecule has 1 aliphatic carbocycles. The van der Waals surface area contributed by atoms with Gasteiger partial charge in [-0.25, -0.2) is 4.79 Å². The topological polar surface area (TPSA) is 73.1 Å². The Hall–Kier alpha value is -2.44. The minimum absolute atomic E-state index is 0.364. The molecule has 0 saturated heterocycles. The number of carbonyl (C=O) groups excluding carboxylic acids is 1. The van der Waals surface area contributed by atoms with Crippen molar-refractivity contribution in [1.29, 1.82) is 0 Å². The maximum atomic E-state index is 12.3. The summed E-state index contributed by atoms with van der Waals surface area (Å²) in [4.78, 5) is 14.0. The van der Waals surface area contributed by atoms with Crippen molar-refractivity contribution in [1.82, 2.24) is 25.1 Å². The number of hydrogen-bond acceptors (Lipinski definition) is 5. The molecule has 7 nitrogen and oxygen atoms in total. The summed E-state index contributed by atoms with van der Waals surface area (Å²) in [5.41, 5.74) is 2.68. The van der Waals surface area contributed by atoms with Gasteiger partial charge in [0.25, 0.3) is 0 Å². The van der Waals surface area contributed by atoms with Crippen LogP contribution in [0.1, 0.15) is 49.1 Å². The molecule has 0 unspecified atom stereocenters. The molecular weight excluding hydrogens is 318 g/mol. The lowest BCUT2D eigenvalue weighted by Crippen LogP contribution is -2.50. The number of aromatic nitrogens is 4. The van der Waals surface area contributed by atoms with Crippen LogP contribution in [0.3, 0.4) is 0 Å². The Morgan fingerprint density at radius 2 is 1.96 bits per heavy atom. The van der Waals surface area contributed by atoms with Crippen LogP contribution in [0.15, 0.2) is 18.2 Å². The molecule has 1 aromatic heterocycles. The highest BCUT2D eigenvalue weighted by Crippen LogP contribution is 2.41. The van der Waals surface area contributed by atoms with E-state index in [1.165, 1.54) is 12.7 Å². The molecule has 0 spiro atoms. The van der Waals surface area contributed by atoms with Gasteiger partial charge >= 0.3 is 6.09 Å². The van der Waals surface area contributed by atoms with Gasteiger partial charge in [-0.15, -0.1) is 5.10 Å². The Labute approximate surface area is 148 Å². The number of aryl methyl sites for hydroxylation is 2. The van der Waals surface area contributed by atoms with Gasteiger partial charge in [0.15, 0.2) is 5.82 Å². The number of nitrogens with zero attached hydrogens (tertiary/aromatic N) is 5. The molecule has 0 radical (unpaired) electrons. The molecule has 3 rings (SSSR count). The van der Waals surface area contributed by atoms with Crippen molar-refractivity contribution in [2.75, 3.05) is 14.2 Å². The molecule has 1 aliphatic rings. The van der Waals surface area contributed by atoms with Crippen LogP contribution >= 0.6 is 0 Å². The zero-order chi connectivity index (χ0) is 18.0. The molecule has 1 amide bonds. The van der Waals surface area contributed by atoms with Crippen molar-refractivity contribution in [3.63, 3.8) is 0 Å². The molecule has 1 aromatic carbocycles. The highest BCUT2D eigenvalue weighted by Gasteiger charge is 2.45. The van der Waals surface area contributed by atoms with Gasteiger partial charge in [0.2, 0.25) is 0 Å². The molecule has 2 aromatic rings. The maximum absolute atomic E-state index is 12.3. The number of ether oxygens (including phenoxy) is 1. The van der Waals surface area contributed by atoms with E-state index in [0.29, 0.717) is 5.82 Å². The van der Waals surface area contributed by atoms with E-state index < -0.39 is 5.54 Å². The number of amides is 1. The van der Waals surface area contributed by atoms with E-state index in [2.05, 4.69) is 28.5 Å². The molecule has 0 bridgehead atoms. The molecule has 1 fully saturated rings. The fourth-order valence-electron chi connectivity index (χ4n) is 3.84. The van der Waals surface area contributed by atoms with Crippen molar-refractivity contribution < 1.29 is 9.53 Å². The summed E-state index contributed by atoms with van der Waals surface area (Å²) in [5.74, 6) is 0.701. The summed E-state index contributed by atoms with van der Waals surface area (Å²) in [6.07, 6.45) is 4.50. The molecular formula is C18H25N5O2. The third-order valence-electron chi connectivity index (χ3n) is 5.24. The summed E-state index contributed by atoms with van der Waals surface area (Å²) in [5, 5.41) is 12.5. The Morgan fingerprint density at radius 1 is 1.24 bits per heavy atom. The summed E-state index contributed by atoms with van der Waals surface area (Å²) in [6.45, 7) is 4.11. The standard InChI is InChI=1S/C18H25N5O2/c1-13-8-9-15(14(2)12-13)23-16(19-20-21-23)18(10-6-5-7-11-18)22(3)17(24)25-4/h8-9,12H,5-7,10-11H2,1-4H3. The van der Waals surface area contributed by atoms with Crippen molar-refractivity contribution in [2.45, 2.75) is 51.5 Å². The van der Waals surface area contributed by atoms with Gasteiger partial charge < -0.3 is 4.74 Å². The molecule has 134 valence electrons. The third kappa shape index (κ3) is 2.99. The molecule has 0 N–H and O–H groups in total. The fourth-order valence-corrected chi connectivity index (χ4v) is 3.84. The molecule has 25 heavy (non-hydrogen) atoms. The van der Waals surface area contributed by atoms with E-state index >= 15 is 0 Å². The van der Waals surface area contributed by atoms with Crippen molar-refractivity contribution in [2.24, 2.45) is 0 Å². The van der Waals surface area contributed by atoms with E-state index in [1.807, 2.05) is 19.1 Å². The molecule has 1 saturated carbocycles. The summed E-state index contributed by atoms with van der Waals surface area (Å²) < 4.78 is 6.76. The second kappa shape index (κ2) is 6.82. The Balaban J connectivity index is 2.12. The monoisotopic (exact) mass is 343 g/mol. The number of rotatable bonds is 3. The van der Waals surface area contributed by atoms with Crippen LogP contribution < -0.4 is 0 Å². The van der Waals surface area contributed by atoms with Gasteiger partial charge in [-0.1, -0.05) is 37.0 Å². The van der Waals surface area contributed by atoms with Crippen LogP contribution in [0.2, 0.25) is 0 Å². The quantitative estimate of drug-likeness (QED) is 0.856. The van der Waals surface area contributed by atoms with Gasteiger partial charge in [0.1, 0.15) is 5.54 Å².